The van der Waals surface area contributed by atoms with Crippen LogP contribution >= 0.6 is 39.0 Å². The average Bonchev–Trinajstić information content (AvgIpc) is 2.58. The van der Waals surface area contributed by atoms with E-state index in [9.17, 15) is 4.79 Å². The van der Waals surface area contributed by atoms with Crippen molar-refractivity contribution in [3.05, 3.63) is 20.8 Å². The largest absolute Gasteiger partial charge is 0.480 e. The number of aliphatic carboxylic acids is 1. The lowest BCUT2D eigenvalue weighted by molar-refractivity contribution is -0.138. The van der Waals surface area contributed by atoms with E-state index >= 15 is 0 Å². The van der Waals surface area contributed by atoms with Gasteiger partial charge in [0.05, 0.1) is 0 Å². The molecule has 0 aliphatic rings. The van der Waals surface area contributed by atoms with Crippen LogP contribution in [-0.2, 0) is 10.5 Å². The Hall–Kier alpha value is -0.0400. The molecule has 0 fully saturated rings. The number of thiophene rings is 1. The first kappa shape index (κ1) is 13.0. The lowest BCUT2D eigenvalue weighted by Crippen LogP contribution is -2.30. The summed E-state index contributed by atoms with van der Waals surface area (Å²) in [6.45, 7) is 0. The molecule has 0 spiro atoms. The van der Waals surface area contributed by atoms with E-state index in [1.54, 1.807) is 23.1 Å². The Morgan fingerprint density at radius 1 is 1.73 bits per heavy atom. The molecule has 3 N–H and O–H groups in total. The molecule has 6 heteroatoms. The van der Waals surface area contributed by atoms with Gasteiger partial charge in [-0.15, -0.1) is 11.3 Å². The average molecular weight is 310 g/mol. The monoisotopic (exact) mass is 309 g/mol. The Labute approximate surface area is 105 Å². The third-order valence-electron chi connectivity index (χ3n) is 1.81. The Morgan fingerprint density at radius 2 is 2.47 bits per heavy atom. The molecule has 0 aliphatic carbocycles. The molecule has 0 amide bonds. The van der Waals surface area contributed by atoms with Gasteiger partial charge in [-0.1, -0.05) is 0 Å². The van der Waals surface area contributed by atoms with E-state index in [0.717, 1.165) is 16.0 Å². The molecule has 84 valence electrons. The molecule has 1 aromatic rings. The molecule has 0 bridgehead atoms. The minimum atomic E-state index is -0.923. The summed E-state index contributed by atoms with van der Waals surface area (Å²) in [7, 11) is 0. The quantitative estimate of drug-likeness (QED) is 0.793. The van der Waals surface area contributed by atoms with Gasteiger partial charge in [-0.25, -0.2) is 0 Å². The van der Waals surface area contributed by atoms with Crippen molar-refractivity contribution in [2.24, 2.45) is 5.73 Å². The van der Waals surface area contributed by atoms with E-state index in [4.69, 9.17) is 10.8 Å². The third-order valence-corrected chi connectivity index (χ3v) is 4.94. The van der Waals surface area contributed by atoms with Gasteiger partial charge in [-0.05, 0) is 39.6 Å². The molecule has 0 aliphatic heterocycles. The lowest BCUT2D eigenvalue weighted by Gasteiger charge is -2.05. The standard InChI is InChI=1S/C9H12BrNO2S2/c10-6-1-4-15-8(6)5-14-3-2-7(11)9(12)13/h1,4,7H,2-3,5,11H2,(H,12,13). The van der Waals surface area contributed by atoms with Gasteiger partial charge in [0.1, 0.15) is 6.04 Å². The smallest absolute Gasteiger partial charge is 0.320 e. The summed E-state index contributed by atoms with van der Waals surface area (Å²) in [6.07, 6.45) is 0.517. The summed E-state index contributed by atoms with van der Waals surface area (Å²) in [5.41, 5.74) is 5.39. The van der Waals surface area contributed by atoms with Gasteiger partial charge in [0.25, 0.3) is 0 Å². The number of hydrogen-bond acceptors (Lipinski definition) is 4. The number of thioether (sulfide) groups is 1. The van der Waals surface area contributed by atoms with Crippen LogP contribution in [0.4, 0.5) is 0 Å². The fourth-order valence-corrected chi connectivity index (χ4v) is 3.82. The molecule has 1 rings (SSSR count). The maximum atomic E-state index is 10.4. The first-order valence-corrected chi connectivity index (χ1v) is 7.22. The summed E-state index contributed by atoms with van der Waals surface area (Å²) >= 11 is 6.86. The lowest BCUT2D eigenvalue weighted by atomic mass is 10.2. The highest BCUT2D eigenvalue weighted by molar-refractivity contribution is 9.10. The molecule has 0 saturated carbocycles. The van der Waals surface area contributed by atoms with Gasteiger partial charge in [-0.2, -0.15) is 11.8 Å². The highest BCUT2D eigenvalue weighted by Gasteiger charge is 2.10. The van der Waals surface area contributed by atoms with E-state index < -0.39 is 12.0 Å². The number of rotatable bonds is 6. The van der Waals surface area contributed by atoms with Gasteiger partial charge in [0.2, 0.25) is 0 Å². The molecule has 3 nitrogen and oxygen atoms in total. The zero-order valence-electron chi connectivity index (χ0n) is 7.98. The number of halogens is 1. The molecular weight excluding hydrogens is 298 g/mol. The van der Waals surface area contributed by atoms with Crippen molar-refractivity contribution in [2.45, 2.75) is 18.2 Å². The van der Waals surface area contributed by atoms with Gasteiger partial charge < -0.3 is 10.8 Å². The van der Waals surface area contributed by atoms with Crippen molar-refractivity contribution >= 4 is 45.0 Å². The summed E-state index contributed by atoms with van der Waals surface area (Å²) in [5, 5.41) is 10.6. The van der Waals surface area contributed by atoms with Gasteiger partial charge in [-0.3, -0.25) is 4.79 Å². The molecule has 1 atom stereocenters. The van der Waals surface area contributed by atoms with Crippen molar-refractivity contribution in [2.75, 3.05) is 5.75 Å². The predicted octanol–water partition coefficient (Wildman–Crippen LogP) is 2.55. The number of carboxylic acid groups (broad SMARTS) is 1. The van der Waals surface area contributed by atoms with E-state index in [-0.39, 0.29) is 0 Å². The Morgan fingerprint density at radius 3 is 3.00 bits per heavy atom. The van der Waals surface area contributed by atoms with E-state index in [2.05, 4.69) is 15.9 Å². The SMILES string of the molecule is NC(CCSCc1sccc1Br)C(=O)O. The van der Waals surface area contributed by atoms with Crippen LogP contribution in [-0.4, -0.2) is 22.9 Å². The minimum Gasteiger partial charge on any atom is -0.480 e. The zero-order valence-corrected chi connectivity index (χ0v) is 11.2. The molecule has 0 radical (unpaired) electrons. The third kappa shape index (κ3) is 4.55. The topological polar surface area (TPSA) is 63.3 Å². The fraction of sp³-hybridized carbons (Fsp3) is 0.444. The van der Waals surface area contributed by atoms with Crippen LogP contribution in [0.2, 0.25) is 0 Å². The summed E-state index contributed by atoms with van der Waals surface area (Å²) in [6, 6.07) is 1.29. The second kappa shape index (κ2) is 6.52. The predicted molar refractivity (Wildman–Crippen MR) is 68.4 cm³/mol. The van der Waals surface area contributed by atoms with Crippen LogP contribution < -0.4 is 5.73 Å². The van der Waals surface area contributed by atoms with Crippen LogP contribution in [0, 0.1) is 0 Å². The van der Waals surface area contributed by atoms with Crippen LogP contribution in [0.3, 0.4) is 0 Å². The van der Waals surface area contributed by atoms with Crippen molar-refractivity contribution in [3.8, 4) is 0 Å². The molecule has 0 saturated heterocycles. The van der Waals surface area contributed by atoms with Crippen LogP contribution in [0.1, 0.15) is 11.3 Å². The minimum absolute atomic E-state index is 0.517. The number of carbonyl (C=O) groups is 1. The number of nitrogens with two attached hydrogens (primary N) is 1. The number of hydrogen-bond donors (Lipinski definition) is 2. The first-order valence-electron chi connectivity index (χ1n) is 4.39. The summed E-state index contributed by atoms with van der Waals surface area (Å²) in [5.74, 6) is 0.760. The maximum absolute atomic E-state index is 10.4. The molecule has 15 heavy (non-hydrogen) atoms. The van der Waals surface area contributed by atoms with E-state index in [1.807, 2.05) is 11.4 Å². The van der Waals surface area contributed by atoms with Crippen molar-refractivity contribution in [1.82, 2.24) is 0 Å². The van der Waals surface area contributed by atoms with Crippen molar-refractivity contribution in [1.29, 1.82) is 0 Å². The fourth-order valence-electron chi connectivity index (χ4n) is 0.927. The zero-order chi connectivity index (χ0) is 11.3. The first-order chi connectivity index (χ1) is 7.11. The van der Waals surface area contributed by atoms with Gasteiger partial charge in [0, 0.05) is 15.1 Å². The summed E-state index contributed by atoms with van der Waals surface area (Å²) < 4.78 is 1.13. The Kier molecular flexibility index (Phi) is 5.66. The second-order valence-corrected chi connectivity index (χ2v) is 5.94. The van der Waals surface area contributed by atoms with Gasteiger partial charge in [0.15, 0.2) is 0 Å². The molecule has 1 heterocycles. The molecular formula is C9H12BrNO2S2. The summed E-state index contributed by atoms with van der Waals surface area (Å²) in [4.78, 5) is 11.7. The normalized spacial score (nSPS) is 12.7. The Balaban J connectivity index is 2.17. The second-order valence-electron chi connectivity index (χ2n) is 2.98. The van der Waals surface area contributed by atoms with E-state index in [0.29, 0.717) is 6.42 Å². The van der Waals surface area contributed by atoms with Crippen LogP contribution in [0.15, 0.2) is 15.9 Å². The molecule has 0 aromatic carbocycles. The van der Waals surface area contributed by atoms with Crippen molar-refractivity contribution in [3.63, 3.8) is 0 Å². The molecule has 1 aromatic heterocycles. The van der Waals surface area contributed by atoms with Crippen molar-refractivity contribution < 1.29 is 9.90 Å². The van der Waals surface area contributed by atoms with E-state index in [1.165, 1.54) is 4.88 Å². The maximum Gasteiger partial charge on any atom is 0.320 e. The Bertz CT molecular complexity index is 330. The highest BCUT2D eigenvalue weighted by Crippen LogP contribution is 2.27. The van der Waals surface area contributed by atoms with Gasteiger partial charge >= 0.3 is 5.97 Å². The van der Waals surface area contributed by atoms with Crippen LogP contribution in [0.25, 0.3) is 0 Å². The highest BCUT2D eigenvalue weighted by atomic mass is 79.9. The van der Waals surface area contributed by atoms with Crippen LogP contribution in [0.5, 0.6) is 0 Å². The molecule has 1 unspecified atom stereocenters. The number of carboxylic acids is 1.